The molecule has 0 unspecified atom stereocenters. The van der Waals surface area contributed by atoms with E-state index in [1.165, 1.54) is 0 Å². The first-order valence-corrected chi connectivity index (χ1v) is 5.51. The molecule has 1 amide bonds. The summed E-state index contributed by atoms with van der Waals surface area (Å²) in [6, 6.07) is 0. The average molecular weight is 224 g/mol. The van der Waals surface area contributed by atoms with E-state index in [2.05, 4.69) is 10.3 Å². The highest BCUT2D eigenvalue weighted by molar-refractivity contribution is 5.75. The predicted molar refractivity (Wildman–Crippen MR) is 62.7 cm³/mol. The molecule has 0 aromatic carbocycles. The van der Waals surface area contributed by atoms with Gasteiger partial charge in [0.15, 0.2) is 0 Å². The molecule has 0 aliphatic heterocycles. The molecule has 0 aliphatic carbocycles. The van der Waals surface area contributed by atoms with Gasteiger partial charge in [-0.25, -0.2) is 4.98 Å². The van der Waals surface area contributed by atoms with E-state index in [0.29, 0.717) is 6.54 Å². The fourth-order valence-electron chi connectivity index (χ4n) is 1.46. The van der Waals surface area contributed by atoms with Gasteiger partial charge in [0.1, 0.15) is 6.54 Å². The lowest BCUT2D eigenvalue weighted by atomic mass is 10.0. The van der Waals surface area contributed by atoms with Crippen molar-refractivity contribution in [3.8, 4) is 0 Å². The van der Waals surface area contributed by atoms with E-state index >= 15 is 0 Å². The van der Waals surface area contributed by atoms with Gasteiger partial charge in [0.2, 0.25) is 5.91 Å². The Kier molecular flexibility index (Phi) is 4.06. The summed E-state index contributed by atoms with van der Waals surface area (Å²) in [6.07, 6.45) is 4.27. The first-order chi connectivity index (χ1) is 7.45. The van der Waals surface area contributed by atoms with E-state index in [9.17, 15) is 4.79 Å². The van der Waals surface area contributed by atoms with Gasteiger partial charge in [-0.1, -0.05) is 6.92 Å². The molecule has 5 heteroatoms. The molecule has 0 spiro atoms. The minimum absolute atomic E-state index is 0.00894. The zero-order valence-electron chi connectivity index (χ0n) is 10.2. The van der Waals surface area contributed by atoms with Crippen LogP contribution in [0.4, 0.5) is 0 Å². The zero-order valence-corrected chi connectivity index (χ0v) is 10.2. The van der Waals surface area contributed by atoms with Crippen LogP contribution in [0.5, 0.6) is 0 Å². The number of hydrogen-bond acceptors (Lipinski definition) is 3. The first-order valence-electron chi connectivity index (χ1n) is 5.51. The lowest BCUT2D eigenvalue weighted by molar-refractivity contribution is -0.121. The number of nitrogens with two attached hydrogens (primary N) is 1. The maximum absolute atomic E-state index is 11.5. The van der Waals surface area contributed by atoms with Gasteiger partial charge < -0.3 is 15.6 Å². The Labute approximate surface area is 96.0 Å². The van der Waals surface area contributed by atoms with Gasteiger partial charge in [0, 0.05) is 12.7 Å². The van der Waals surface area contributed by atoms with Crippen LogP contribution < -0.4 is 11.1 Å². The number of carbonyl (C=O) groups is 1. The van der Waals surface area contributed by atoms with Gasteiger partial charge >= 0.3 is 0 Å². The summed E-state index contributed by atoms with van der Waals surface area (Å²) in [4.78, 5) is 15.6. The molecule has 0 fully saturated rings. The van der Waals surface area contributed by atoms with Crippen molar-refractivity contribution in [2.24, 2.45) is 5.73 Å². The Balaban J connectivity index is 2.67. The van der Waals surface area contributed by atoms with Crippen LogP contribution in [0.2, 0.25) is 0 Å². The van der Waals surface area contributed by atoms with Gasteiger partial charge in [0.05, 0.1) is 17.6 Å². The molecular formula is C11H20N4O. The molecule has 1 heterocycles. The summed E-state index contributed by atoms with van der Waals surface area (Å²) >= 11 is 0. The molecule has 0 atom stereocenters. The number of carbonyl (C=O) groups excluding carboxylic acids is 1. The smallest absolute Gasteiger partial charge is 0.239 e. The van der Waals surface area contributed by atoms with E-state index in [1.54, 1.807) is 17.1 Å². The standard InChI is InChI=1S/C11H20N4O/c1-4-5-14-10(16)7-15-8-13-6-9(15)11(2,3)12/h6,8H,4-5,7,12H2,1-3H3,(H,14,16). The van der Waals surface area contributed by atoms with Crippen molar-refractivity contribution >= 4 is 5.91 Å². The van der Waals surface area contributed by atoms with Crippen molar-refractivity contribution in [1.29, 1.82) is 0 Å². The summed E-state index contributed by atoms with van der Waals surface area (Å²) in [6.45, 7) is 6.78. The van der Waals surface area contributed by atoms with Crippen LogP contribution in [0.1, 0.15) is 32.9 Å². The quantitative estimate of drug-likeness (QED) is 0.769. The molecule has 5 nitrogen and oxygen atoms in total. The molecule has 0 saturated carbocycles. The van der Waals surface area contributed by atoms with Gasteiger partial charge in [-0.3, -0.25) is 4.79 Å². The lowest BCUT2D eigenvalue weighted by Crippen LogP contribution is -2.34. The molecule has 16 heavy (non-hydrogen) atoms. The van der Waals surface area contributed by atoms with Crippen molar-refractivity contribution in [2.75, 3.05) is 6.54 Å². The minimum Gasteiger partial charge on any atom is -0.355 e. The second-order valence-electron chi connectivity index (χ2n) is 4.48. The van der Waals surface area contributed by atoms with Crippen LogP contribution in [-0.2, 0) is 16.9 Å². The Bertz CT molecular complexity index is 351. The highest BCUT2D eigenvalue weighted by Gasteiger charge is 2.19. The second kappa shape index (κ2) is 5.12. The van der Waals surface area contributed by atoms with E-state index < -0.39 is 5.54 Å². The second-order valence-corrected chi connectivity index (χ2v) is 4.48. The fourth-order valence-corrected chi connectivity index (χ4v) is 1.46. The normalized spacial score (nSPS) is 11.5. The summed E-state index contributed by atoms with van der Waals surface area (Å²) in [5.74, 6) is -0.00894. The molecule has 1 aromatic heterocycles. The van der Waals surface area contributed by atoms with Gasteiger partial charge in [-0.05, 0) is 20.3 Å². The van der Waals surface area contributed by atoms with E-state index in [4.69, 9.17) is 5.73 Å². The summed E-state index contributed by atoms with van der Waals surface area (Å²) < 4.78 is 1.78. The number of imidazole rings is 1. The Morgan fingerprint density at radius 1 is 1.62 bits per heavy atom. The van der Waals surface area contributed by atoms with Crippen LogP contribution in [0.3, 0.4) is 0 Å². The van der Waals surface area contributed by atoms with Crippen LogP contribution in [0.25, 0.3) is 0 Å². The van der Waals surface area contributed by atoms with Crippen molar-refractivity contribution in [3.63, 3.8) is 0 Å². The Hall–Kier alpha value is -1.36. The topological polar surface area (TPSA) is 72.9 Å². The third-order valence-electron chi connectivity index (χ3n) is 2.26. The molecule has 1 rings (SSSR count). The molecule has 0 bridgehead atoms. The van der Waals surface area contributed by atoms with Crippen molar-refractivity contribution in [3.05, 3.63) is 18.2 Å². The van der Waals surface area contributed by atoms with Crippen molar-refractivity contribution in [2.45, 2.75) is 39.3 Å². The fraction of sp³-hybridized carbons (Fsp3) is 0.636. The van der Waals surface area contributed by atoms with Gasteiger partial charge in [-0.2, -0.15) is 0 Å². The number of nitrogens with one attached hydrogen (secondary N) is 1. The maximum Gasteiger partial charge on any atom is 0.239 e. The minimum atomic E-state index is -0.485. The molecule has 3 N–H and O–H groups in total. The molecular weight excluding hydrogens is 204 g/mol. The van der Waals surface area contributed by atoms with Crippen LogP contribution in [-0.4, -0.2) is 22.0 Å². The third kappa shape index (κ3) is 3.34. The maximum atomic E-state index is 11.5. The van der Waals surface area contributed by atoms with E-state index in [1.807, 2.05) is 20.8 Å². The van der Waals surface area contributed by atoms with Crippen molar-refractivity contribution in [1.82, 2.24) is 14.9 Å². The van der Waals surface area contributed by atoms with Crippen LogP contribution in [0, 0.1) is 0 Å². The van der Waals surface area contributed by atoms with Gasteiger partial charge in [-0.15, -0.1) is 0 Å². The molecule has 0 aliphatic rings. The number of nitrogens with zero attached hydrogens (tertiary/aromatic N) is 2. The molecule has 0 saturated heterocycles. The summed E-state index contributed by atoms with van der Waals surface area (Å²) in [7, 11) is 0. The molecule has 90 valence electrons. The largest absolute Gasteiger partial charge is 0.355 e. The number of aromatic nitrogens is 2. The number of amides is 1. The summed E-state index contributed by atoms with van der Waals surface area (Å²) in [5, 5.41) is 2.82. The predicted octanol–water partition coefficient (Wildman–Crippen LogP) is 0.603. The number of rotatable bonds is 5. The Morgan fingerprint density at radius 2 is 2.31 bits per heavy atom. The average Bonchev–Trinajstić information content (AvgIpc) is 2.62. The zero-order chi connectivity index (χ0) is 12.2. The van der Waals surface area contributed by atoms with Crippen molar-refractivity contribution < 1.29 is 4.79 Å². The molecule has 0 radical (unpaired) electrons. The molecule has 1 aromatic rings. The monoisotopic (exact) mass is 224 g/mol. The lowest BCUT2D eigenvalue weighted by Gasteiger charge is -2.20. The van der Waals surface area contributed by atoms with E-state index in [-0.39, 0.29) is 12.5 Å². The first kappa shape index (κ1) is 12.7. The Morgan fingerprint density at radius 3 is 2.88 bits per heavy atom. The SMILES string of the molecule is CCCNC(=O)Cn1cncc1C(C)(C)N. The summed E-state index contributed by atoms with van der Waals surface area (Å²) in [5.41, 5.74) is 6.36. The highest BCUT2D eigenvalue weighted by atomic mass is 16.1. The number of hydrogen-bond donors (Lipinski definition) is 2. The highest BCUT2D eigenvalue weighted by Crippen LogP contribution is 2.15. The van der Waals surface area contributed by atoms with Crippen LogP contribution >= 0.6 is 0 Å². The van der Waals surface area contributed by atoms with Crippen LogP contribution in [0.15, 0.2) is 12.5 Å². The van der Waals surface area contributed by atoms with Gasteiger partial charge in [0.25, 0.3) is 0 Å². The third-order valence-corrected chi connectivity index (χ3v) is 2.26. The van der Waals surface area contributed by atoms with E-state index in [0.717, 1.165) is 12.1 Å².